The predicted octanol–water partition coefficient (Wildman–Crippen LogP) is 4.80. The van der Waals surface area contributed by atoms with Crippen LogP contribution in [0.4, 0.5) is 5.69 Å². The van der Waals surface area contributed by atoms with E-state index in [-0.39, 0.29) is 24.3 Å². The van der Waals surface area contributed by atoms with Gasteiger partial charge >= 0.3 is 5.97 Å². The van der Waals surface area contributed by atoms with Crippen molar-refractivity contribution in [3.05, 3.63) is 65.2 Å². The Labute approximate surface area is 221 Å². The minimum atomic E-state index is -0.484. The second-order valence-corrected chi connectivity index (χ2v) is 10.3. The molecule has 7 heteroatoms. The number of quaternary nitrogens is 1. The summed E-state index contributed by atoms with van der Waals surface area (Å²) in [4.78, 5) is 41.4. The molecule has 1 fully saturated rings. The number of carbonyl (C=O) groups excluding carboxylic acids is 3. The van der Waals surface area contributed by atoms with Crippen molar-refractivity contribution in [1.82, 2.24) is 4.90 Å². The minimum absolute atomic E-state index is 0.104. The highest BCUT2D eigenvalue weighted by molar-refractivity contribution is 6.02. The molecule has 2 unspecified atom stereocenters. The molecule has 0 spiro atoms. The predicted molar refractivity (Wildman–Crippen MR) is 146 cm³/mol. The fourth-order valence-electron chi connectivity index (χ4n) is 5.57. The van der Waals surface area contributed by atoms with Gasteiger partial charge in [0, 0.05) is 18.7 Å². The lowest BCUT2D eigenvalue weighted by Crippen LogP contribution is -2.59. The molecule has 200 valence electrons. The van der Waals surface area contributed by atoms with Crippen LogP contribution in [-0.4, -0.2) is 67.0 Å². The second-order valence-electron chi connectivity index (χ2n) is 10.3. The third-order valence-corrected chi connectivity index (χ3v) is 7.22. The summed E-state index contributed by atoms with van der Waals surface area (Å²) in [6.45, 7) is 9.97. The number of nitrogens with one attached hydrogen (secondary N) is 1. The lowest BCUT2D eigenvalue weighted by molar-refractivity contribution is -0.940. The quantitative estimate of drug-likeness (QED) is 0.350. The van der Waals surface area contributed by atoms with Crippen LogP contribution in [0.3, 0.4) is 0 Å². The first-order valence-electron chi connectivity index (χ1n) is 13.5. The molecule has 0 radical (unpaired) electrons. The van der Waals surface area contributed by atoms with Crippen LogP contribution in [0, 0.1) is 12.8 Å². The van der Waals surface area contributed by atoms with E-state index >= 15 is 0 Å². The number of benzene rings is 2. The number of hydrogen-bond donors (Lipinski definition) is 1. The van der Waals surface area contributed by atoms with Crippen molar-refractivity contribution in [1.29, 1.82) is 0 Å². The number of carbonyl (C=O) groups is 3. The highest BCUT2D eigenvalue weighted by Gasteiger charge is 2.41. The zero-order chi connectivity index (χ0) is 26.8. The van der Waals surface area contributed by atoms with Crippen LogP contribution in [0.1, 0.15) is 61.0 Å². The Balaban J connectivity index is 1.87. The number of methoxy groups -OCH3 is 1. The molecule has 2 atom stereocenters. The van der Waals surface area contributed by atoms with E-state index in [1.165, 1.54) is 7.11 Å². The number of ether oxygens (including phenoxy) is 1. The smallest absolute Gasteiger partial charge is 0.339 e. The van der Waals surface area contributed by atoms with Gasteiger partial charge in [-0.15, -0.1) is 0 Å². The van der Waals surface area contributed by atoms with E-state index in [9.17, 15) is 14.4 Å². The third kappa shape index (κ3) is 7.41. The van der Waals surface area contributed by atoms with Gasteiger partial charge in [0.25, 0.3) is 5.91 Å². The normalized spacial score (nSPS) is 19.2. The Hall–Kier alpha value is -3.19. The van der Waals surface area contributed by atoms with Crippen LogP contribution in [0.15, 0.2) is 48.5 Å². The number of anilines is 1. The van der Waals surface area contributed by atoms with Crippen molar-refractivity contribution < 1.29 is 23.6 Å². The Bertz CT molecular complexity index is 1070. The van der Waals surface area contributed by atoms with Crippen molar-refractivity contribution in [2.45, 2.75) is 53.0 Å². The van der Waals surface area contributed by atoms with Gasteiger partial charge in [0.05, 0.1) is 37.4 Å². The largest absolute Gasteiger partial charge is 0.465 e. The van der Waals surface area contributed by atoms with Crippen LogP contribution in [-0.2, 0) is 20.9 Å². The number of nitrogens with zero attached hydrogens (tertiary/aromatic N) is 2. The molecule has 2 aromatic rings. The van der Waals surface area contributed by atoms with Gasteiger partial charge < -0.3 is 19.4 Å². The number of aryl methyl sites for hydroxylation is 1. The third-order valence-electron chi connectivity index (χ3n) is 7.22. The van der Waals surface area contributed by atoms with Crippen LogP contribution >= 0.6 is 0 Å². The molecule has 3 rings (SSSR count). The first-order valence-corrected chi connectivity index (χ1v) is 13.5. The molecule has 0 bridgehead atoms. The van der Waals surface area contributed by atoms with Crippen LogP contribution in [0.25, 0.3) is 0 Å². The summed E-state index contributed by atoms with van der Waals surface area (Å²) < 4.78 is 5.44. The van der Waals surface area contributed by atoms with Gasteiger partial charge in [0.15, 0.2) is 6.54 Å². The average Bonchev–Trinajstić information content (AvgIpc) is 2.89. The molecule has 1 saturated heterocycles. The molecule has 2 aromatic carbocycles. The number of para-hydroxylation sites is 1. The summed E-state index contributed by atoms with van der Waals surface area (Å²) in [6, 6.07) is 15.5. The van der Waals surface area contributed by atoms with Crippen molar-refractivity contribution in [3.63, 3.8) is 0 Å². The first-order chi connectivity index (χ1) is 17.8. The molecule has 1 N–H and O–H groups in total. The zero-order valence-electron chi connectivity index (χ0n) is 22.8. The lowest BCUT2D eigenvalue weighted by Gasteiger charge is -2.44. The van der Waals surface area contributed by atoms with E-state index in [1.807, 2.05) is 36.1 Å². The molecule has 1 heterocycles. The van der Waals surface area contributed by atoms with E-state index in [4.69, 9.17) is 4.74 Å². The van der Waals surface area contributed by atoms with Gasteiger partial charge in [-0.2, -0.15) is 0 Å². The summed E-state index contributed by atoms with van der Waals surface area (Å²) in [7, 11) is 1.33. The van der Waals surface area contributed by atoms with E-state index in [0.29, 0.717) is 28.8 Å². The lowest BCUT2D eigenvalue weighted by atomic mass is 9.93. The van der Waals surface area contributed by atoms with Crippen LogP contribution in [0.5, 0.6) is 0 Å². The maximum absolute atomic E-state index is 13.6. The topological polar surface area (TPSA) is 75.7 Å². The molecule has 1 aliphatic rings. The molecular formula is C30H42N3O4+. The summed E-state index contributed by atoms with van der Waals surface area (Å²) in [6.07, 6.45) is 3.61. The molecule has 7 nitrogen and oxygen atoms in total. The Morgan fingerprint density at radius 1 is 1.03 bits per heavy atom. The number of esters is 1. The van der Waals surface area contributed by atoms with Gasteiger partial charge in [0.2, 0.25) is 5.91 Å². The molecule has 0 aliphatic carbocycles. The van der Waals surface area contributed by atoms with Gasteiger partial charge in [-0.25, -0.2) is 4.79 Å². The number of amides is 2. The van der Waals surface area contributed by atoms with Crippen molar-refractivity contribution >= 4 is 23.5 Å². The number of rotatable bonds is 11. The van der Waals surface area contributed by atoms with E-state index in [2.05, 4.69) is 31.3 Å². The SMILES string of the molecule is CCCN(CCC)C(=O)C1CCC[N+](CC(=O)Nc2c(C)cccc2C(=O)OC)(Cc2ccccc2)C1. The summed E-state index contributed by atoms with van der Waals surface area (Å²) in [5.41, 5.74) is 2.77. The molecule has 0 saturated carbocycles. The molecule has 37 heavy (non-hydrogen) atoms. The molecular weight excluding hydrogens is 466 g/mol. The van der Waals surface area contributed by atoms with E-state index in [1.54, 1.807) is 12.1 Å². The van der Waals surface area contributed by atoms with Gasteiger partial charge in [0.1, 0.15) is 6.54 Å². The average molecular weight is 509 g/mol. The number of hydrogen-bond acceptors (Lipinski definition) is 4. The van der Waals surface area contributed by atoms with Crippen LogP contribution < -0.4 is 5.32 Å². The summed E-state index contributed by atoms with van der Waals surface area (Å²) in [5, 5.41) is 3.01. The highest BCUT2D eigenvalue weighted by Crippen LogP contribution is 2.29. The van der Waals surface area contributed by atoms with Crippen LogP contribution in [0.2, 0.25) is 0 Å². The Morgan fingerprint density at radius 2 is 1.73 bits per heavy atom. The Morgan fingerprint density at radius 3 is 2.38 bits per heavy atom. The summed E-state index contributed by atoms with van der Waals surface area (Å²) in [5.74, 6) is -0.538. The summed E-state index contributed by atoms with van der Waals surface area (Å²) >= 11 is 0. The maximum atomic E-state index is 13.6. The van der Waals surface area contributed by atoms with Gasteiger partial charge in [-0.1, -0.05) is 56.3 Å². The van der Waals surface area contributed by atoms with E-state index in [0.717, 1.165) is 56.4 Å². The fraction of sp³-hybridized carbons (Fsp3) is 0.500. The zero-order valence-corrected chi connectivity index (χ0v) is 22.8. The van der Waals surface area contributed by atoms with Crippen molar-refractivity contribution in [3.8, 4) is 0 Å². The fourth-order valence-corrected chi connectivity index (χ4v) is 5.57. The minimum Gasteiger partial charge on any atom is -0.465 e. The van der Waals surface area contributed by atoms with E-state index < -0.39 is 5.97 Å². The molecule has 1 aliphatic heterocycles. The van der Waals surface area contributed by atoms with Gasteiger partial charge in [-0.3, -0.25) is 9.59 Å². The number of piperidine rings is 1. The van der Waals surface area contributed by atoms with Gasteiger partial charge in [-0.05, 0) is 44.2 Å². The first kappa shape index (κ1) is 28.4. The Kier molecular flexibility index (Phi) is 10.3. The van der Waals surface area contributed by atoms with Crippen molar-refractivity contribution in [2.24, 2.45) is 5.92 Å². The number of likely N-dealkylation sites (tertiary alicyclic amines) is 1. The maximum Gasteiger partial charge on any atom is 0.339 e. The van der Waals surface area contributed by atoms with Crippen molar-refractivity contribution in [2.75, 3.05) is 45.2 Å². The molecule has 0 aromatic heterocycles. The monoisotopic (exact) mass is 508 g/mol. The highest BCUT2D eigenvalue weighted by atomic mass is 16.5. The molecule has 2 amide bonds. The standard InChI is InChI=1S/C30H41N3O4/c1-5-17-32(18-6-2)29(35)25-15-11-19-33(21-25,20-24-13-8-7-9-14-24)22-27(34)31-28-23(3)12-10-16-26(28)30(36)37-4/h7-10,12-14,16,25H,5-6,11,15,17-22H2,1-4H3/p+1. The second kappa shape index (κ2) is 13.4.